The van der Waals surface area contributed by atoms with Crippen LogP contribution in [0.4, 0.5) is 45.5 Å². The van der Waals surface area contributed by atoms with E-state index in [-0.39, 0.29) is 33.9 Å². The number of furan rings is 1. The highest BCUT2D eigenvalue weighted by Gasteiger charge is 2.58. The normalized spacial score (nSPS) is 19.9. The predicted molar refractivity (Wildman–Crippen MR) is 287 cm³/mol. The van der Waals surface area contributed by atoms with Crippen molar-refractivity contribution in [3.63, 3.8) is 0 Å². The van der Waals surface area contributed by atoms with Crippen molar-refractivity contribution >= 4 is 90.5 Å². The summed E-state index contributed by atoms with van der Waals surface area (Å²) in [5.41, 5.74) is 21.0. The van der Waals surface area contributed by atoms with Gasteiger partial charge in [-0.2, -0.15) is 0 Å². The Morgan fingerprint density at radius 2 is 1.00 bits per heavy atom. The minimum atomic E-state index is -0.116. The Hall–Kier alpha value is -6.20. The summed E-state index contributed by atoms with van der Waals surface area (Å²) >= 11 is 0. The number of rotatable bonds is 3. The van der Waals surface area contributed by atoms with Gasteiger partial charge >= 0.3 is 0 Å². The van der Waals surface area contributed by atoms with E-state index in [0.717, 1.165) is 34.0 Å². The minimum Gasteiger partial charge on any atom is -0.456 e. The first-order chi connectivity index (χ1) is 31.8. The second-order valence-electron chi connectivity index (χ2n) is 23.8. The molecule has 0 bridgehead atoms. The summed E-state index contributed by atoms with van der Waals surface area (Å²) in [6.45, 7) is 26.1. The number of nitrogens with zero attached hydrogens (tertiary/aromatic N) is 3. The molecule has 336 valence electrons. The number of para-hydroxylation sites is 2. The average Bonchev–Trinajstić information content (AvgIpc) is 3.76. The first-order valence-corrected chi connectivity index (χ1v) is 24.8. The number of hydrogen-bond acceptors (Lipinski definition) is 4. The van der Waals surface area contributed by atoms with Gasteiger partial charge in [-0.1, -0.05) is 155 Å². The Morgan fingerprint density at radius 3 is 1.64 bits per heavy atom. The predicted octanol–water partition coefficient (Wildman–Crippen LogP) is 15.3. The molecule has 4 heterocycles. The van der Waals surface area contributed by atoms with Gasteiger partial charge in [0.05, 0.1) is 5.54 Å². The van der Waals surface area contributed by atoms with E-state index in [1.807, 2.05) is 0 Å². The van der Waals surface area contributed by atoms with Gasteiger partial charge in [-0.3, -0.25) is 0 Å². The van der Waals surface area contributed by atoms with Crippen LogP contribution in [0.5, 0.6) is 0 Å². The summed E-state index contributed by atoms with van der Waals surface area (Å²) in [4.78, 5) is 7.96. The van der Waals surface area contributed by atoms with Gasteiger partial charge in [0.2, 0.25) is 0 Å². The molecular weight excluding hydrogens is 814 g/mol. The molecule has 3 aliphatic heterocycles. The van der Waals surface area contributed by atoms with Gasteiger partial charge in [-0.15, -0.1) is 0 Å². The zero-order valence-electron chi connectivity index (χ0n) is 41.4. The molecule has 8 aromatic rings. The van der Waals surface area contributed by atoms with Gasteiger partial charge in [0.25, 0.3) is 6.71 Å². The van der Waals surface area contributed by atoms with E-state index >= 15 is 0 Å². The topological polar surface area (TPSA) is 22.9 Å². The third-order valence-electron chi connectivity index (χ3n) is 16.7. The molecule has 0 spiro atoms. The Balaban J connectivity index is 1.21. The molecule has 2 unspecified atom stereocenters. The van der Waals surface area contributed by atoms with Crippen molar-refractivity contribution in [2.75, 3.05) is 14.7 Å². The molecule has 2 atom stereocenters. The lowest BCUT2D eigenvalue weighted by atomic mass is 9.33. The molecule has 0 saturated heterocycles. The van der Waals surface area contributed by atoms with E-state index in [2.05, 4.69) is 230 Å². The summed E-state index contributed by atoms with van der Waals surface area (Å²) in [6, 6.07) is 53.9. The van der Waals surface area contributed by atoms with Crippen LogP contribution in [-0.4, -0.2) is 12.3 Å². The molecule has 67 heavy (non-hydrogen) atoms. The van der Waals surface area contributed by atoms with Crippen LogP contribution in [0.15, 0.2) is 144 Å². The van der Waals surface area contributed by atoms with Crippen LogP contribution in [0.3, 0.4) is 0 Å². The third-order valence-corrected chi connectivity index (χ3v) is 16.7. The lowest BCUT2D eigenvalue weighted by Gasteiger charge is -2.51. The Bertz CT molecular complexity index is 3320. The van der Waals surface area contributed by atoms with Crippen molar-refractivity contribution in [3.8, 4) is 0 Å². The largest absolute Gasteiger partial charge is 0.456 e. The molecule has 1 saturated carbocycles. The molecule has 4 nitrogen and oxygen atoms in total. The molecular formula is C62H64BN3O. The van der Waals surface area contributed by atoms with Crippen molar-refractivity contribution in [2.45, 2.75) is 129 Å². The Morgan fingerprint density at radius 1 is 0.463 bits per heavy atom. The zero-order chi connectivity index (χ0) is 46.6. The quantitative estimate of drug-likeness (QED) is 0.165. The summed E-state index contributed by atoms with van der Waals surface area (Å²) in [5, 5.41) is 2.29. The van der Waals surface area contributed by atoms with Crippen LogP contribution in [0.1, 0.15) is 124 Å². The number of benzene rings is 7. The lowest BCUT2D eigenvalue weighted by molar-refractivity contribution is 0.195. The minimum absolute atomic E-state index is 0.00803. The van der Waals surface area contributed by atoms with Crippen molar-refractivity contribution in [1.82, 2.24) is 0 Å². The van der Waals surface area contributed by atoms with E-state index in [9.17, 15) is 0 Å². The molecule has 1 fully saturated rings. The first kappa shape index (κ1) is 42.2. The number of anilines is 8. The molecule has 4 aliphatic rings. The fourth-order valence-corrected chi connectivity index (χ4v) is 12.7. The molecule has 0 amide bonds. The van der Waals surface area contributed by atoms with Crippen molar-refractivity contribution < 1.29 is 4.42 Å². The summed E-state index contributed by atoms with van der Waals surface area (Å²) in [5.74, 6) is 0. The molecule has 12 rings (SSSR count). The smallest absolute Gasteiger partial charge is 0.252 e. The summed E-state index contributed by atoms with van der Waals surface area (Å²) < 4.78 is 6.69. The van der Waals surface area contributed by atoms with Crippen molar-refractivity contribution in [3.05, 3.63) is 162 Å². The zero-order valence-corrected chi connectivity index (χ0v) is 41.4. The van der Waals surface area contributed by atoms with E-state index in [1.165, 1.54) is 97.7 Å². The van der Waals surface area contributed by atoms with E-state index in [0.29, 0.717) is 0 Å². The van der Waals surface area contributed by atoms with Crippen molar-refractivity contribution in [1.29, 1.82) is 0 Å². The molecule has 5 heteroatoms. The fourth-order valence-electron chi connectivity index (χ4n) is 12.7. The second-order valence-corrected chi connectivity index (χ2v) is 23.8. The van der Waals surface area contributed by atoms with E-state index in [1.54, 1.807) is 0 Å². The van der Waals surface area contributed by atoms with Gasteiger partial charge in [0.1, 0.15) is 11.2 Å². The average molecular weight is 878 g/mol. The highest BCUT2D eigenvalue weighted by molar-refractivity contribution is 7.00. The summed E-state index contributed by atoms with van der Waals surface area (Å²) in [6.07, 6.45) is 4.79. The van der Waals surface area contributed by atoms with Crippen molar-refractivity contribution in [2.24, 2.45) is 0 Å². The van der Waals surface area contributed by atoms with Gasteiger partial charge in [-0.25, -0.2) is 0 Å². The lowest BCUT2D eigenvalue weighted by Crippen LogP contribution is -2.62. The number of fused-ring (bicyclic) bond motifs is 10. The number of hydrogen-bond donors (Lipinski definition) is 0. The molecule has 0 radical (unpaired) electrons. The fraction of sp³-hybridized carbons (Fsp3) is 0.323. The Labute approximate surface area is 398 Å². The Kier molecular flexibility index (Phi) is 8.92. The molecule has 1 aromatic heterocycles. The molecule has 0 N–H and O–H groups in total. The van der Waals surface area contributed by atoms with Gasteiger partial charge in [-0.05, 0) is 135 Å². The van der Waals surface area contributed by atoms with Gasteiger partial charge in [0, 0.05) is 67.8 Å². The highest BCUT2D eigenvalue weighted by atomic mass is 16.3. The highest BCUT2D eigenvalue weighted by Crippen LogP contribution is 2.62. The maximum atomic E-state index is 6.69. The second kappa shape index (κ2) is 14.2. The SMILES string of the molecule is CC(C)(C)c1ccc(N2c3ccc(C(C)(C)C)cc3B3c4cc(C(C)(C)C)ccc4N(c4ccc5c(c4)oc4ccccc45)c4cc(N5c6ccccc6C6(C)CCCCC56C)cc2c43)cc1. The van der Waals surface area contributed by atoms with E-state index in [4.69, 9.17) is 4.42 Å². The van der Waals surface area contributed by atoms with Crippen LogP contribution < -0.4 is 31.1 Å². The van der Waals surface area contributed by atoms with Crippen LogP contribution >= 0.6 is 0 Å². The molecule has 7 aromatic carbocycles. The van der Waals surface area contributed by atoms with E-state index < -0.39 is 0 Å². The van der Waals surface area contributed by atoms with Crippen LogP contribution in [0.25, 0.3) is 21.9 Å². The third kappa shape index (κ3) is 6.11. The standard InChI is InChI=1S/C62H64BN3O/c1-58(2,3)39-22-26-42(27-23-39)64-51-30-24-40(59(4,5)6)34-48(51)63-49-35-41(60(7,8)9)25-31-52(49)65(43-28-29-46-45-18-12-15-21-55(45)67-56(46)38-43)54-37-44(36-53(64)57(54)63)66-50-20-14-13-19-47(50)61(10)32-16-17-33-62(61,66)11/h12-15,18-31,34-38H,16-17,32-33H2,1-11H3. The van der Waals surface area contributed by atoms with Gasteiger partial charge in [0.15, 0.2) is 0 Å². The maximum Gasteiger partial charge on any atom is 0.252 e. The monoisotopic (exact) mass is 878 g/mol. The van der Waals surface area contributed by atoms with Crippen LogP contribution in [-0.2, 0) is 21.7 Å². The summed E-state index contributed by atoms with van der Waals surface area (Å²) in [7, 11) is 0. The first-order valence-electron chi connectivity index (χ1n) is 24.8. The van der Waals surface area contributed by atoms with Crippen LogP contribution in [0, 0.1) is 0 Å². The van der Waals surface area contributed by atoms with Crippen LogP contribution in [0.2, 0.25) is 0 Å². The maximum absolute atomic E-state index is 6.69. The van der Waals surface area contributed by atoms with Gasteiger partial charge < -0.3 is 19.1 Å². The molecule has 1 aliphatic carbocycles.